The van der Waals surface area contributed by atoms with Gasteiger partial charge in [0.2, 0.25) is 12.7 Å². The summed E-state index contributed by atoms with van der Waals surface area (Å²) in [5.74, 6) is 2.74. The van der Waals surface area contributed by atoms with Gasteiger partial charge in [-0.15, -0.1) is 33.1 Å². The first kappa shape index (κ1) is 32.4. The van der Waals surface area contributed by atoms with Crippen LogP contribution in [0.2, 0.25) is 5.02 Å². The topological polar surface area (TPSA) is 81.8 Å². The number of rotatable bonds is 10. The number of benzene rings is 3. The van der Waals surface area contributed by atoms with Gasteiger partial charge in [-0.3, -0.25) is 14.4 Å². The molecule has 11 heteroatoms. The van der Waals surface area contributed by atoms with E-state index in [1.165, 1.54) is 16.0 Å². The average molecular weight is 701 g/mol. The van der Waals surface area contributed by atoms with Crippen LogP contribution >= 0.6 is 34.5 Å². The Labute approximate surface area is 294 Å². The first-order valence-electron chi connectivity index (χ1n) is 16.0. The lowest BCUT2D eigenvalue weighted by Gasteiger charge is -2.24. The number of alkyl halides is 1. The molecule has 5 aromatic rings. The number of hydrogen-bond acceptors (Lipinski definition) is 7. The molecule has 2 aliphatic rings. The van der Waals surface area contributed by atoms with Crippen LogP contribution in [-0.4, -0.2) is 39.1 Å². The fourth-order valence-corrected chi connectivity index (χ4v) is 7.90. The summed E-state index contributed by atoms with van der Waals surface area (Å²) in [5, 5.41) is 11.0. The number of carbonyl (C=O) groups is 1. The Hall–Kier alpha value is -4.18. The molecule has 4 heterocycles. The highest BCUT2D eigenvalue weighted by molar-refractivity contribution is 7.15. The molecule has 1 atom stereocenters. The smallest absolute Gasteiger partial charge is 0.242 e. The molecule has 0 bridgehead atoms. The zero-order valence-electron chi connectivity index (χ0n) is 27.0. The van der Waals surface area contributed by atoms with Crippen molar-refractivity contribution in [2.24, 2.45) is 4.99 Å². The van der Waals surface area contributed by atoms with E-state index in [4.69, 9.17) is 37.7 Å². The molecule has 0 spiro atoms. The Morgan fingerprint density at radius 1 is 0.979 bits per heavy atom. The molecule has 2 aliphatic heterocycles. The van der Waals surface area contributed by atoms with Crippen LogP contribution in [0.5, 0.6) is 11.5 Å². The molecular formula is C37H35Cl2N5O3S. The van der Waals surface area contributed by atoms with Gasteiger partial charge >= 0.3 is 0 Å². The van der Waals surface area contributed by atoms with Gasteiger partial charge in [0.25, 0.3) is 0 Å². The maximum atomic E-state index is 13.0. The van der Waals surface area contributed by atoms with Crippen LogP contribution in [0.15, 0.2) is 71.7 Å². The van der Waals surface area contributed by atoms with Crippen molar-refractivity contribution in [1.82, 2.24) is 14.8 Å². The Balaban J connectivity index is 1.12. The van der Waals surface area contributed by atoms with E-state index in [9.17, 15) is 4.79 Å². The number of fused-ring (bicyclic) bond motifs is 4. The minimum Gasteiger partial charge on any atom is -0.454 e. The Kier molecular flexibility index (Phi) is 9.27. The van der Waals surface area contributed by atoms with Gasteiger partial charge in [0, 0.05) is 32.8 Å². The van der Waals surface area contributed by atoms with E-state index < -0.39 is 0 Å². The highest BCUT2D eigenvalue weighted by Crippen LogP contribution is 2.40. The number of ether oxygens (including phenoxy) is 2. The monoisotopic (exact) mass is 699 g/mol. The van der Waals surface area contributed by atoms with Crippen molar-refractivity contribution in [3.05, 3.63) is 116 Å². The predicted molar refractivity (Wildman–Crippen MR) is 192 cm³/mol. The Bertz CT molecular complexity index is 2020. The quantitative estimate of drug-likeness (QED) is 0.108. The molecule has 1 amide bonds. The first-order valence-corrected chi connectivity index (χ1v) is 17.7. The SMILES string of the molecule is Cc1sc2c(c1C)C(c1ccc(Cl)cc1)=NC(CCCCc1ccccc1CN(C(=O)CCl)c1ccc3c(c1)OCO3)c1nnc(C)n1-2. The van der Waals surface area contributed by atoms with Gasteiger partial charge in [-0.25, -0.2) is 0 Å². The molecule has 7 rings (SSSR count). The first-order chi connectivity index (χ1) is 23.3. The molecule has 3 aromatic carbocycles. The molecule has 0 fully saturated rings. The number of amides is 1. The second-order valence-electron chi connectivity index (χ2n) is 12.1. The van der Waals surface area contributed by atoms with Gasteiger partial charge in [-0.05, 0) is 81.0 Å². The predicted octanol–water partition coefficient (Wildman–Crippen LogP) is 8.71. The third-order valence-electron chi connectivity index (χ3n) is 9.06. The summed E-state index contributed by atoms with van der Waals surface area (Å²) in [7, 11) is 0. The van der Waals surface area contributed by atoms with E-state index in [0.717, 1.165) is 70.4 Å². The summed E-state index contributed by atoms with van der Waals surface area (Å²) in [5.41, 5.74) is 7.37. The number of unbranched alkanes of at least 4 members (excludes halogenated alkanes) is 1. The summed E-state index contributed by atoms with van der Waals surface area (Å²) in [6, 6.07) is 21.6. The summed E-state index contributed by atoms with van der Waals surface area (Å²) in [6.07, 6.45) is 3.55. The molecule has 2 aromatic heterocycles. The molecule has 0 aliphatic carbocycles. The molecule has 0 N–H and O–H groups in total. The minimum absolute atomic E-state index is 0.119. The molecule has 48 heavy (non-hydrogen) atoms. The third kappa shape index (κ3) is 6.22. The van der Waals surface area contributed by atoms with Crippen LogP contribution in [0.1, 0.15) is 69.6 Å². The summed E-state index contributed by atoms with van der Waals surface area (Å²) < 4.78 is 13.2. The summed E-state index contributed by atoms with van der Waals surface area (Å²) in [6.45, 7) is 6.91. The van der Waals surface area contributed by atoms with Crippen molar-refractivity contribution >= 4 is 51.8 Å². The number of hydrogen-bond donors (Lipinski definition) is 0. The van der Waals surface area contributed by atoms with E-state index in [0.29, 0.717) is 23.1 Å². The second kappa shape index (κ2) is 13.7. The number of thiophene rings is 1. The summed E-state index contributed by atoms with van der Waals surface area (Å²) in [4.78, 5) is 21.4. The van der Waals surface area contributed by atoms with E-state index in [1.807, 2.05) is 55.5 Å². The zero-order chi connectivity index (χ0) is 33.4. The van der Waals surface area contributed by atoms with E-state index in [1.54, 1.807) is 16.2 Å². The molecule has 0 saturated heterocycles. The van der Waals surface area contributed by atoms with Crippen LogP contribution in [0.25, 0.3) is 5.00 Å². The number of nitrogens with zero attached hydrogens (tertiary/aromatic N) is 5. The average Bonchev–Trinajstić information content (AvgIpc) is 3.78. The molecule has 0 radical (unpaired) electrons. The van der Waals surface area contributed by atoms with Gasteiger partial charge in [-0.1, -0.05) is 54.4 Å². The van der Waals surface area contributed by atoms with Crippen molar-refractivity contribution in [1.29, 1.82) is 0 Å². The lowest BCUT2D eigenvalue weighted by molar-refractivity contribution is -0.116. The number of anilines is 1. The van der Waals surface area contributed by atoms with Gasteiger partial charge in [-0.2, -0.15) is 0 Å². The van der Waals surface area contributed by atoms with Gasteiger partial charge < -0.3 is 14.4 Å². The lowest BCUT2D eigenvalue weighted by atomic mass is 9.98. The molecule has 1 unspecified atom stereocenters. The van der Waals surface area contributed by atoms with Crippen molar-refractivity contribution in [2.45, 2.75) is 59.0 Å². The Morgan fingerprint density at radius 2 is 1.75 bits per heavy atom. The van der Waals surface area contributed by atoms with Crippen molar-refractivity contribution in [3.63, 3.8) is 0 Å². The fraction of sp³-hybridized carbons (Fsp3) is 0.297. The number of aromatic nitrogens is 3. The highest BCUT2D eigenvalue weighted by atomic mass is 35.5. The van der Waals surface area contributed by atoms with E-state index in [-0.39, 0.29) is 24.6 Å². The molecule has 8 nitrogen and oxygen atoms in total. The van der Waals surface area contributed by atoms with Crippen LogP contribution in [0.3, 0.4) is 0 Å². The largest absolute Gasteiger partial charge is 0.454 e. The van der Waals surface area contributed by atoms with Gasteiger partial charge in [0.15, 0.2) is 17.3 Å². The molecule has 246 valence electrons. The van der Waals surface area contributed by atoms with Crippen LogP contribution < -0.4 is 14.4 Å². The number of halogens is 2. The van der Waals surface area contributed by atoms with Crippen molar-refractivity contribution < 1.29 is 14.3 Å². The third-order valence-corrected chi connectivity index (χ3v) is 10.7. The van der Waals surface area contributed by atoms with Crippen LogP contribution in [0, 0.1) is 20.8 Å². The van der Waals surface area contributed by atoms with E-state index in [2.05, 4.69) is 46.8 Å². The number of aliphatic imine (C=N–C) groups is 1. The van der Waals surface area contributed by atoms with Crippen molar-refractivity contribution in [2.75, 3.05) is 17.6 Å². The van der Waals surface area contributed by atoms with Crippen LogP contribution in [-0.2, 0) is 17.8 Å². The maximum absolute atomic E-state index is 13.0. The maximum Gasteiger partial charge on any atom is 0.242 e. The summed E-state index contributed by atoms with van der Waals surface area (Å²) >= 11 is 14.1. The van der Waals surface area contributed by atoms with Crippen molar-refractivity contribution in [3.8, 4) is 16.5 Å². The highest BCUT2D eigenvalue weighted by Gasteiger charge is 2.31. The zero-order valence-corrected chi connectivity index (χ0v) is 29.3. The fourth-order valence-electron chi connectivity index (χ4n) is 6.42. The van der Waals surface area contributed by atoms with E-state index >= 15 is 0 Å². The van der Waals surface area contributed by atoms with Gasteiger partial charge in [0.1, 0.15) is 22.7 Å². The molecular weight excluding hydrogens is 665 g/mol. The van der Waals surface area contributed by atoms with Crippen LogP contribution in [0.4, 0.5) is 5.69 Å². The van der Waals surface area contributed by atoms with Gasteiger partial charge in [0.05, 0.1) is 12.3 Å². The minimum atomic E-state index is -0.175. The number of carbonyl (C=O) groups excluding carboxylic acids is 1. The second-order valence-corrected chi connectivity index (χ2v) is 14.0. The lowest BCUT2D eigenvalue weighted by Crippen LogP contribution is -2.31. The standard InChI is InChI=1S/C37H35Cl2N5O3S/c1-22-23(2)48-37-34(22)35(26-12-14-28(39)15-13-26)40-30(36-42-41-24(3)44(36)37)11-7-6-9-25-8-4-5-10-27(25)20-43(33(45)19-38)29-16-17-31-32(18-29)47-21-46-31/h4-5,8,10,12-18,30H,6-7,9,11,19-21H2,1-3H3. The Morgan fingerprint density at radius 3 is 2.54 bits per heavy atom. The number of aryl methyl sites for hydroxylation is 3. The molecule has 0 saturated carbocycles. The normalized spacial score (nSPS) is 14.7.